The molecule has 182 valence electrons. The summed E-state index contributed by atoms with van der Waals surface area (Å²) in [4.78, 5) is 0.280. The molecule has 0 radical (unpaired) electrons. The fourth-order valence-corrected chi connectivity index (χ4v) is 3.91. The number of hydrogen-bond acceptors (Lipinski definition) is 7. The molecule has 0 amide bonds. The Balaban J connectivity index is 0.000000310. The maximum atomic E-state index is 11.1. The van der Waals surface area contributed by atoms with E-state index in [1.807, 2.05) is 43.4 Å². The molecule has 0 aliphatic carbocycles. The molecule has 0 fully saturated rings. The number of sulfone groups is 1. The highest BCUT2D eigenvalue weighted by atomic mass is 32.2. The summed E-state index contributed by atoms with van der Waals surface area (Å²) in [5.41, 5.74) is 8.28. The maximum absolute atomic E-state index is 11.1. The van der Waals surface area contributed by atoms with E-state index in [1.165, 1.54) is 17.7 Å². The number of benzene rings is 3. The highest BCUT2D eigenvalue weighted by molar-refractivity contribution is 7.91. The van der Waals surface area contributed by atoms with Crippen LogP contribution in [-0.4, -0.2) is 40.6 Å². The van der Waals surface area contributed by atoms with E-state index in [9.17, 15) is 8.42 Å². The van der Waals surface area contributed by atoms with Crippen LogP contribution in [0, 0.1) is 0 Å². The molecular formula is C26H33N3O4S. The monoisotopic (exact) mass is 483 g/mol. The summed E-state index contributed by atoms with van der Waals surface area (Å²) in [6, 6.07) is 24.1. The number of hydrazine groups is 1. The fourth-order valence-electron chi connectivity index (χ4n) is 3.14. The predicted octanol–water partition coefficient (Wildman–Crippen LogP) is 4.03. The standard InChI is InChI=1S/C19H24N2O2.C7H9NO2S/c1-14(15-5-9-17(22-3)10-6-15)13-19(21(2)20)16-7-11-18(23-4)12-8-16;8-6-11(9,10)7-4-2-1-3-5-7/h5-14H,20H2,1-4H3;1-5H,6,8H2/b19-13-;. The smallest absolute Gasteiger partial charge is 0.191 e. The average molecular weight is 484 g/mol. The molecule has 3 aromatic carbocycles. The molecule has 1 atom stereocenters. The van der Waals surface area contributed by atoms with Gasteiger partial charge in [0.25, 0.3) is 0 Å². The normalized spacial score (nSPS) is 12.2. The van der Waals surface area contributed by atoms with Gasteiger partial charge in [0.15, 0.2) is 9.84 Å². The summed E-state index contributed by atoms with van der Waals surface area (Å²) in [6.07, 6.45) is 2.16. The van der Waals surface area contributed by atoms with Crippen LogP contribution >= 0.6 is 0 Å². The molecule has 0 spiro atoms. The number of nitrogens with two attached hydrogens (primary N) is 2. The molecular weight excluding hydrogens is 450 g/mol. The summed E-state index contributed by atoms with van der Waals surface area (Å²) in [5.74, 6) is 7.60. The molecule has 8 heteroatoms. The molecule has 34 heavy (non-hydrogen) atoms. The molecule has 0 bridgehead atoms. The Labute approximate surface area is 202 Å². The summed E-state index contributed by atoms with van der Waals surface area (Å²) in [7, 11) is 1.95. The van der Waals surface area contributed by atoms with Crippen LogP contribution in [0.2, 0.25) is 0 Å². The van der Waals surface area contributed by atoms with Gasteiger partial charge in [-0.2, -0.15) is 0 Å². The van der Waals surface area contributed by atoms with Crippen molar-refractivity contribution in [1.82, 2.24) is 5.01 Å². The van der Waals surface area contributed by atoms with Crippen molar-refractivity contribution >= 4 is 15.5 Å². The van der Waals surface area contributed by atoms with Crippen LogP contribution in [0.4, 0.5) is 0 Å². The van der Waals surface area contributed by atoms with Gasteiger partial charge in [0, 0.05) is 13.0 Å². The van der Waals surface area contributed by atoms with Crippen molar-refractivity contribution in [1.29, 1.82) is 0 Å². The Kier molecular flexibility index (Phi) is 10.1. The van der Waals surface area contributed by atoms with E-state index >= 15 is 0 Å². The predicted molar refractivity (Wildman–Crippen MR) is 137 cm³/mol. The first-order valence-corrected chi connectivity index (χ1v) is 12.3. The van der Waals surface area contributed by atoms with Gasteiger partial charge in [-0.15, -0.1) is 0 Å². The summed E-state index contributed by atoms with van der Waals surface area (Å²) in [5, 5.41) is 1.64. The highest BCUT2D eigenvalue weighted by Gasteiger charge is 2.10. The summed E-state index contributed by atoms with van der Waals surface area (Å²) >= 11 is 0. The van der Waals surface area contributed by atoms with Gasteiger partial charge in [0.05, 0.1) is 24.8 Å². The number of rotatable bonds is 8. The van der Waals surface area contributed by atoms with Crippen molar-refractivity contribution in [2.24, 2.45) is 11.6 Å². The highest BCUT2D eigenvalue weighted by Crippen LogP contribution is 2.26. The van der Waals surface area contributed by atoms with E-state index in [4.69, 9.17) is 21.1 Å². The second-order valence-corrected chi connectivity index (χ2v) is 9.58. The van der Waals surface area contributed by atoms with Gasteiger partial charge < -0.3 is 20.2 Å². The minimum Gasteiger partial charge on any atom is -0.497 e. The Morgan fingerprint density at radius 3 is 1.85 bits per heavy atom. The van der Waals surface area contributed by atoms with Gasteiger partial charge in [0.1, 0.15) is 17.4 Å². The van der Waals surface area contributed by atoms with E-state index in [1.54, 1.807) is 37.4 Å². The molecule has 0 aliphatic heterocycles. The Morgan fingerprint density at radius 1 is 0.912 bits per heavy atom. The number of allylic oxidation sites excluding steroid dienone is 1. The van der Waals surface area contributed by atoms with Crippen LogP contribution < -0.4 is 21.1 Å². The topological polar surface area (TPSA) is 108 Å². The van der Waals surface area contributed by atoms with Crippen molar-refractivity contribution < 1.29 is 17.9 Å². The number of hydrogen-bond donors (Lipinski definition) is 2. The van der Waals surface area contributed by atoms with Crippen molar-refractivity contribution in [3.05, 3.63) is 96.1 Å². The SMILES string of the molecule is COc1ccc(/C(=C/C(C)c2ccc(OC)cc2)N(C)N)cc1.NCS(=O)(=O)c1ccccc1. The second-order valence-electron chi connectivity index (χ2n) is 7.55. The van der Waals surface area contributed by atoms with Crippen LogP contribution in [-0.2, 0) is 9.84 Å². The lowest BCUT2D eigenvalue weighted by molar-refractivity contribution is 0.414. The van der Waals surface area contributed by atoms with Crippen molar-refractivity contribution in [3.63, 3.8) is 0 Å². The minimum absolute atomic E-state index is 0.226. The zero-order valence-corrected chi connectivity index (χ0v) is 20.8. The van der Waals surface area contributed by atoms with E-state index in [2.05, 4.69) is 25.1 Å². The molecule has 0 heterocycles. The molecule has 3 rings (SSSR count). The Hall–Kier alpha value is -3.33. The lowest BCUT2D eigenvalue weighted by Crippen LogP contribution is -2.24. The van der Waals surface area contributed by atoms with Crippen LogP contribution in [0.3, 0.4) is 0 Å². The lowest BCUT2D eigenvalue weighted by Gasteiger charge is -2.20. The number of methoxy groups -OCH3 is 2. The van der Waals surface area contributed by atoms with Gasteiger partial charge in [-0.25, -0.2) is 14.3 Å². The van der Waals surface area contributed by atoms with Crippen molar-refractivity contribution in [2.75, 3.05) is 27.1 Å². The summed E-state index contributed by atoms with van der Waals surface area (Å²) in [6.45, 7) is 2.15. The minimum atomic E-state index is -3.22. The Bertz CT molecular complexity index is 1140. The van der Waals surface area contributed by atoms with Gasteiger partial charge in [-0.1, -0.05) is 43.3 Å². The zero-order chi connectivity index (χ0) is 25.1. The van der Waals surface area contributed by atoms with Gasteiger partial charge >= 0.3 is 0 Å². The van der Waals surface area contributed by atoms with E-state index < -0.39 is 9.84 Å². The maximum Gasteiger partial charge on any atom is 0.191 e. The quantitative estimate of drug-likeness (QED) is 0.368. The van der Waals surface area contributed by atoms with Gasteiger partial charge in [-0.3, -0.25) is 0 Å². The van der Waals surface area contributed by atoms with E-state index in [-0.39, 0.29) is 16.7 Å². The lowest BCUT2D eigenvalue weighted by atomic mass is 9.98. The first-order valence-electron chi connectivity index (χ1n) is 10.7. The van der Waals surface area contributed by atoms with E-state index in [0.29, 0.717) is 0 Å². The van der Waals surface area contributed by atoms with Crippen molar-refractivity contribution in [2.45, 2.75) is 17.7 Å². The molecule has 3 aromatic rings. The fraction of sp³-hybridized carbons (Fsp3) is 0.231. The third-order valence-corrected chi connectivity index (χ3v) is 6.57. The first-order chi connectivity index (χ1) is 16.2. The molecule has 0 aliphatic rings. The average Bonchev–Trinajstić information content (AvgIpc) is 2.88. The van der Waals surface area contributed by atoms with Crippen LogP contribution in [0.25, 0.3) is 5.70 Å². The van der Waals surface area contributed by atoms with Gasteiger partial charge in [0.2, 0.25) is 0 Å². The zero-order valence-electron chi connectivity index (χ0n) is 20.0. The third-order valence-electron chi connectivity index (χ3n) is 5.14. The van der Waals surface area contributed by atoms with Crippen LogP contribution in [0.1, 0.15) is 24.0 Å². The van der Waals surface area contributed by atoms with Crippen LogP contribution in [0.5, 0.6) is 11.5 Å². The molecule has 0 saturated heterocycles. The molecule has 0 saturated carbocycles. The molecule has 7 nitrogen and oxygen atoms in total. The Morgan fingerprint density at radius 2 is 1.41 bits per heavy atom. The van der Waals surface area contributed by atoms with Gasteiger partial charge in [-0.05, 0) is 59.7 Å². The second kappa shape index (κ2) is 12.8. The number of nitrogens with zero attached hydrogens (tertiary/aromatic N) is 1. The van der Waals surface area contributed by atoms with Crippen molar-refractivity contribution in [3.8, 4) is 11.5 Å². The third kappa shape index (κ3) is 7.62. The largest absolute Gasteiger partial charge is 0.497 e. The molecule has 0 aromatic heterocycles. The first kappa shape index (κ1) is 26.9. The van der Waals surface area contributed by atoms with Crippen LogP contribution in [0.15, 0.2) is 89.8 Å². The molecule has 4 N–H and O–H groups in total. The summed E-state index contributed by atoms with van der Waals surface area (Å²) < 4.78 is 32.6. The van der Waals surface area contributed by atoms with E-state index in [0.717, 1.165) is 22.8 Å². The molecule has 1 unspecified atom stereocenters. The number of ether oxygens (including phenoxy) is 2.